The molecule has 0 radical (unpaired) electrons. The molecule has 26 heavy (non-hydrogen) atoms. The summed E-state index contributed by atoms with van der Waals surface area (Å²) < 4.78 is 10.4. The zero-order valence-corrected chi connectivity index (χ0v) is 14.9. The number of nitrogens with one attached hydrogen (secondary N) is 1. The maximum atomic E-state index is 12.2. The zero-order valence-electron chi connectivity index (χ0n) is 14.1. The van der Waals surface area contributed by atoms with Crippen LogP contribution in [0.1, 0.15) is 25.6 Å². The van der Waals surface area contributed by atoms with E-state index in [0.717, 1.165) is 5.56 Å². The normalized spacial score (nSPS) is 10.3. The van der Waals surface area contributed by atoms with Crippen molar-refractivity contribution in [3.8, 4) is 5.75 Å². The van der Waals surface area contributed by atoms with Gasteiger partial charge in [-0.1, -0.05) is 18.2 Å². The number of hydrogen-bond acceptors (Lipinski definition) is 5. The highest BCUT2D eigenvalue weighted by Crippen LogP contribution is 2.19. The second kappa shape index (κ2) is 8.42. The van der Waals surface area contributed by atoms with Crippen LogP contribution in [0.25, 0.3) is 0 Å². The van der Waals surface area contributed by atoms with Crippen LogP contribution in [-0.2, 0) is 11.3 Å². The lowest BCUT2D eigenvalue weighted by Gasteiger charge is -2.07. The van der Waals surface area contributed by atoms with Crippen LogP contribution in [0.5, 0.6) is 5.75 Å². The number of ether oxygens (including phenoxy) is 2. The van der Waals surface area contributed by atoms with E-state index < -0.39 is 5.97 Å². The molecule has 2 aromatic carbocycles. The molecule has 132 valence electrons. The number of rotatable bonds is 6. The fraction of sp³-hybridized carbons (Fsp3) is 0.100. The first-order valence-corrected chi connectivity index (χ1v) is 8.78. The van der Waals surface area contributed by atoms with E-state index in [1.807, 2.05) is 23.6 Å². The van der Waals surface area contributed by atoms with Crippen molar-refractivity contribution in [3.05, 3.63) is 82.0 Å². The van der Waals surface area contributed by atoms with E-state index >= 15 is 0 Å². The molecule has 0 fully saturated rings. The summed E-state index contributed by atoms with van der Waals surface area (Å²) in [7, 11) is 1.62. The summed E-state index contributed by atoms with van der Waals surface area (Å²) in [4.78, 5) is 24.8. The van der Waals surface area contributed by atoms with E-state index in [2.05, 4.69) is 5.32 Å². The minimum atomic E-state index is -0.440. The van der Waals surface area contributed by atoms with E-state index in [0.29, 0.717) is 28.5 Å². The molecule has 0 aliphatic rings. The molecule has 0 bridgehead atoms. The maximum absolute atomic E-state index is 12.2. The van der Waals surface area contributed by atoms with Crippen LogP contribution >= 0.6 is 11.3 Å². The van der Waals surface area contributed by atoms with Crippen LogP contribution in [-0.4, -0.2) is 19.0 Å². The van der Waals surface area contributed by atoms with E-state index in [-0.39, 0.29) is 5.91 Å². The molecule has 1 heterocycles. The van der Waals surface area contributed by atoms with Gasteiger partial charge in [-0.05, 0) is 53.4 Å². The number of methoxy groups -OCH3 is 1. The molecular weight excluding hydrogens is 350 g/mol. The second-order valence-corrected chi connectivity index (χ2v) is 6.42. The predicted molar refractivity (Wildman–Crippen MR) is 101 cm³/mol. The first-order chi connectivity index (χ1) is 12.7. The molecule has 0 spiro atoms. The molecule has 1 N–H and O–H groups in total. The zero-order chi connectivity index (χ0) is 18.4. The Morgan fingerprint density at radius 3 is 2.35 bits per heavy atom. The van der Waals surface area contributed by atoms with Gasteiger partial charge in [0, 0.05) is 12.8 Å². The first-order valence-electron chi connectivity index (χ1n) is 7.90. The number of benzene rings is 2. The van der Waals surface area contributed by atoms with Gasteiger partial charge in [0.15, 0.2) is 0 Å². The molecule has 0 aliphatic carbocycles. The molecule has 0 aliphatic heterocycles. The van der Waals surface area contributed by atoms with Crippen LogP contribution < -0.4 is 10.1 Å². The van der Waals surface area contributed by atoms with E-state index in [1.165, 1.54) is 11.3 Å². The lowest BCUT2D eigenvalue weighted by Crippen LogP contribution is -2.10. The molecule has 0 saturated carbocycles. The highest BCUT2D eigenvalue weighted by atomic mass is 32.1. The van der Waals surface area contributed by atoms with Crippen molar-refractivity contribution in [3.63, 3.8) is 0 Å². The summed E-state index contributed by atoms with van der Waals surface area (Å²) in [5, 5.41) is 4.64. The molecule has 6 heteroatoms. The standard InChI is InChI=1S/C20H17NO4S/c1-24-13-14-4-6-15(7-5-14)20(23)25-17-10-8-16(9-11-17)21-19(22)18-3-2-12-26-18/h2-12H,13H2,1H3,(H,21,22). The maximum Gasteiger partial charge on any atom is 0.343 e. The highest BCUT2D eigenvalue weighted by Gasteiger charge is 2.10. The molecule has 1 aromatic heterocycles. The Balaban J connectivity index is 1.59. The van der Waals surface area contributed by atoms with E-state index in [9.17, 15) is 9.59 Å². The van der Waals surface area contributed by atoms with Crippen molar-refractivity contribution in [1.82, 2.24) is 0 Å². The van der Waals surface area contributed by atoms with E-state index in [4.69, 9.17) is 9.47 Å². The van der Waals surface area contributed by atoms with Gasteiger partial charge in [-0.25, -0.2) is 4.79 Å². The number of hydrogen-bond donors (Lipinski definition) is 1. The fourth-order valence-corrected chi connectivity index (χ4v) is 2.90. The van der Waals surface area contributed by atoms with Crippen molar-refractivity contribution < 1.29 is 19.1 Å². The fourth-order valence-electron chi connectivity index (χ4n) is 2.28. The summed E-state index contributed by atoms with van der Waals surface area (Å²) >= 11 is 1.37. The van der Waals surface area contributed by atoms with Crippen molar-refractivity contribution in [2.75, 3.05) is 12.4 Å². The molecule has 0 unspecified atom stereocenters. The Bertz CT molecular complexity index is 871. The average molecular weight is 367 g/mol. The van der Waals surface area contributed by atoms with Gasteiger partial charge >= 0.3 is 5.97 Å². The number of amides is 1. The molecule has 0 saturated heterocycles. The highest BCUT2D eigenvalue weighted by molar-refractivity contribution is 7.12. The lowest BCUT2D eigenvalue weighted by molar-refractivity contribution is 0.0734. The third kappa shape index (κ3) is 4.56. The van der Waals surface area contributed by atoms with Gasteiger partial charge < -0.3 is 14.8 Å². The van der Waals surface area contributed by atoms with Gasteiger partial charge in [0.05, 0.1) is 17.0 Å². The van der Waals surface area contributed by atoms with Gasteiger partial charge in [0.2, 0.25) is 0 Å². The molecule has 5 nitrogen and oxygen atoms in total. The quantitative estimate of drug-likeness (QED) is 0.519. The summed E-state index contributed by atoms with van der Waals surface area (Å²) in [6.07, 6.45) is 0. The molecule has 3 aromatic rings. The largest absolute Gasteiger partial charge is 0.423 e. The first kappa shape index (κ1) is 17.8. The Morgan fingerprint density at radius 2 is 1.73 bits per heavy atom. The van der Waals surface area contributed by atoms with Gasteiger partial charge in [-0.3, -0.25) is 4.79 Å². The van der Waals surface area contributed by atoms with E-state index in [1.54, 1.807) is 49.6 Å². The van der Waals surface area contributed by atoms with Crippen LogP contribution in [0.2, 0.25) is 0 Å². The number of esters is 1. The van der Waals surface area contributed by atoms with Gasteiger partial charge in [0.25, 0.3) is 5.91 Å². The minimum absolute atomic E-state index is 0.166. The molecule has 3 rings (SSSR count). The number of anilines is 1. The van der Waals surface area contributed by atoms with Crippen LogP contribution in [0, 0.1) is 0 Å². The monoisotopic (exact) mass is 367 g/mol. The number of carbonyl (C=O) groups is 2. The Morgan fingerprint density at radius 1 is 1.00 bits per heavy atom. The van der Waals surface area contributed by atoms with Crippen LogP contribution in [0.15, 0.2) is 66.0 Å². The van der Waals surface area contributed by atoms with Crippen LogP contribution in [0.3, 0.4) is 0 Å². The van der Waals surface area contributed by atoms with Crippen molar-refractivity contribution in [1.29, 1.82) is 0 Å². The molecular formula is C20H17NO4S. The van der Waals surface area contributed by atoms with Crippen LogP contribution in [0.4, 0.5) is 5.69 Å². The Kier molecular flexibility index (Phi) is 5.78. The molecule has 0 atom stereocenters. The van der Waals surface area contributed by atoms with Gasteiger partial charge in [0.1, 0.15) is 5.75 Å². The third-order valence-corrected chi connectivity index (χ3v) is 4.44. The van der Waals surface area contributed by atoms with Gasteiger partial charge in [-0.2, -0.15) is 0 Å². The smallest absolute Gasteiger partial charge is 0.343 e. The minimum Gasteiger partial charge on any atom is -0.423 e. The van der Waals surface area contributed by atoms with Gasteiger partial charge in [-0.15, -0.1) is 11.3 Å². The van der Waals surface area contributed by atoms with Crippen molar-refractivity contribution >= 4 is 28.9 Å². The van der Waals surface area contributed by atoms with Crippen molar-refractivity contribution in [2.45, 2.75) is 6.61 Å². The molecule has 1 amide bonds. The second-order valence-electron chi connectivity index (χ2n) is 5.48. The Labute approximate surface area is 155 Å². The number of thiophene rings is 1. The SMILES string of the molecule is COCc1ccc(C(=O)Oc2ccc(NC(=O)c3cccs3)cc2)cc1. The average Bonchev–Trinajstić information content (AvgIpc) is 3.19. The summed E-state index contributed by atoms with van der Waals surface area (Å²) in [5.74, 6) is -0.199. The topological polar surface area (TPSA) is 64.6 Å². The third-order valence-electron chi connectivity index (χ3n) is 3.57. The Hall–Kier alpha value is -2.96. The summed E-state index contributed by atoms with van der Waals surface area (Å²) in [5.41, 5.74) is 2.07. The summed E-state index contributed by atoms with van der Waals surface area (Å²) in [6.45, 7) is 0.494. The predicted octanol–water partition coefficient (Wildman–Crippen LogP) is 4.37. The lowest BCUT2D eigenvalue weighted by atomic mass is 10.1. The van der Waals surface area contributed by atoms with Crippen molar-refractivity contribution in [2.24, 2.45) is 0 Å². The number of carbonyl (C=O) groups excluding carboxylic acids is 2. The summed E-state index contributed by atoms with van der Waals surface area (Å²) in [6, 6.07) is 17.3.